The molecule has 306 valence electrons. The van der Waals surface area contributed by atoms with Crippen molar-refractivity contribution in [3.63, 3.8) is 0 Å². The van der Waals surface area contributed by atoms with Crippen molar-refractivity contribution in [3.05, 3.63) is 80.7 Å². The van der Waals surface area contributed by atoms with Gasteiger partial charge in [0.05, 0.1) is 31.0 Å². The molecule has 0 radical (unpaired) electrons. The Morgan fingerprint density at radius 2 is 1.55 bits per heavy atom. The van der Waals surface area contributed by atoms with Gasteiger partial charge in [-0.1, -0.05) is 29.3 Å². The van der Waals surface area contributed by atoms with Gasteiger partial charge in [0.15, 0.2) is 23.9 Å². The van der Waals surface area contributed by atoms with Crippen LogP contribution in [0, 0.1) is 17.0 Å². The third-order valence-electron chi connectivity index (χ3n) is 8.88. The molecule has 3 aromatic rings. The standard InChI is InChI=1S/C38H45Cl2F2N3O10S/c1-38(2,3)55-36(47)30(43(4)5)19-45(56(49)50)29-12-10-25(15-33(29)51-20-22-6-7-22)35(46)53-32(16-26-27(39)17-44(48)18-28(26)40)24-11-13-31(54-37(41)42)34(14-24)52-21-23-8-9-23/h10-15,17-18,22-23,30,32,37H,6-9,16,19-21H2,1-5H3,(H,49,50)/p-1. The van der Waals surface area contributed by atoms with E-state index < -0.39 is 47.6 Å². The van der Waals surface area contributed by atoms with Gasteiger partial charge in [0, 0.05) is 23.3 Å². The maximum Gasteiger partial charge on any atom is 0.387 e. The van der Waals surface area contributed by atoms with Gasteiger partial charge in [-0.15, -0.1) is 0 Å². The number of carbonyl (C=O) groups is 2. The average Bonchev–Trinajstić information content (AvgIpc) is 4.03. The summed E-state index contributed by atoms with van der Waals surface area (Å²) in [5.74, 6) is -1.15. The topological polar surface area (TPSA) is 154 Å². The van der Waals surface area contributed by atoms with Crippen molar-refractivity contribution in [3.8, 4) is 17.2 Å². The Bertz CT molecular complexity index is 1890. The van der Waals surface area contributed by atoms with E-state index in [0.717, 1.165) is 42.4 Å². The molecule has 0 saturated heterocycles. The number of benzene rings is 2. The van der Waals surface area contributed by atoms with Crippen LogP contribution in [-0.4, -0.2) is 77.7 Å². The number of rotatable bonds is 19. The molecule has 5 rings (SSSR count). The van der Waals surface area contributed by atoms with E-state index in [1.165, 1.54) is 36.4 Å². The summed E-state index contributed by atoms with van der Waals surface area (Å²) in [6.07, 6.45) is 4.56. The fourth-order valence-electron chi connectivity index (χ4n) is 5.53. The Labute approximate surface area is 336 Å². The van der Waals surface area contributed by atoms with E-state index in [1.807, 2.05) is 0 Å². The zero-order chi connectivity index (χ0) is 40.9. The van der Waals surface area contributed by atoms with Crippen molar-refractivity contribution >= 4 is 52.1 Å². The zero-order valence-electron chi connectivity index (χ0n) is 31.5. The minimum atomic E-state index is -3.13. The molecule has 2 aromatic carbocycles. The number of nitrogens with zero attached hydrogens (tertiary/aromatic N) is 3. The fraction of sp³-hybridized carbons (Fsp3) is 0.500. The van der Waals surface area contributed by atoms with Gasteiger partial charge < -0.3 is 33.4 Å². The van der Waals surface area contributed by atoms with Gasteiger partial charge in [-0.25, -0.2) is 4.79 Å². The molecule has 18 heteroatoms. The molecule has 2 aliphatic rings. The number of anilines is 1. The normalized spacial score (nSPS) is 15.9. The molecule has 0 amide bonds. The van der Waals surface area contributed by atoms with Crippen LogP contribution in [0.4, 0.5) is 14.5 Å². The van der Waals surface area contributed by atoms with E-state index in [4.69, 9.17) is 46.9 Å². The Balaban J connectivity index is 1.50. The summed E-state index contributed by atoms with van der Waals surface area (Å²) in [6.45, 7) is 2.17. The molecule has 0 bridgehead atoms. The Hall–Kier alpha value is -3.96. The quantitative estimate of drug-likeness (QED) is 0.0541. The summed E-state index contributed by atoms with van der Waals surface area (Å²) in [4.78, 5) is 28.7. The van der Waals surface area contributed by atoms with Gasteiger partial charge in [-0.2, -0.15) is 13.5 Å². The predicted octanol–water partition coefficient (Wildman–Crippen LogP) is 6.82. The third kappa shape index (κ3) is 12.3. The molecule has 1 heterocycles. The molecule has 3 unspecified atom stereocenters. The second kappa shape index (κ2) is 18.5. The number of aromatic nitrogens is 1. The smallest absolute Gasteiger partial charge is 0.387 e. The monoisotopic (exact) mass is 842 g/mol. The number of carbonyl (C=O) groups excluding carboxylic acids is 2. The second-order valence-electron chi connectivity index (χ2n) is 15.0. The summed E-state index contributed by atoms with van der Waals surface area (Å²) < 4.78 is 81.8. The minimum absolute atomic E-state index is 0.00614. The third-order valence-corrected chi connectivity index (χ3v) is 10.2. The lowest BCUT2D eigenvalue weighted by Crippen LogP contribution is -2.48. The SMILES string of the molecule is CN(C)C(CN(c1ccc(C(=O)OC(Cc2c(Cl)c[n+]([O-])cc2Cl)c2ccc(OC(F)F)c(OCC3CC3)c2)cc1OCC1CC1)S(=O)[O-])C(=O)OC(C)(C)C. The van der Waals surface area contributed by atoms with Crippen LogP contribution < -0.4 is 23.2 Å². The first-order valence-corrected chi connectivity index (χ1v) is 19.7. The van der Waals surface area contributed by atoms with Crippen molar-refractivity contribution in [2.24, 2.45) is 11.8 Å². The van der Waals surface area contributed by atoms with Crippen LogP contribution in [0.2, 0.25) is 10.0 Å². The average molecular weight is 844 g/mol. The van der Waals surface area contributed by atoms with Gasteiger partial charge >= 0.3 is 18.6 Å². The molecular formula is C38H44Cl2F2N3O10S-. The number of halogens is 4. The minimum Gasteiger partial charge on any atom is -0.755 e. The number of hydrogen-bond acceptors (Lipinski definition) is 11. The molecule has 1 aromatic heterocycles. The van der Waals surface area contributed by atoms with Crippen LogP contribution in [0.15, 0.2) is 48.8 Å². The number of alkyl halides is 2. The molecule has 13 nitrogen and oxygen atoms in total. The van der Waals surface area contributed by atoms with Crippen molar-refractivity contribution < 1.29 is 55.5 Å². The van der Waals surface area contributed by atoms with Gasteiger partial charge in [-0.05, 0) is 108 Å². The highest BCUT2D eigenvalue weighted by Gasteiger charge is 2.32. The van der Waals surface area contributed by atoms with Crippen molar-refractivity contribution in [1.29, 1.82) is 0 Å². The lowest BCUT2D eigenvalue weighted by molar-refractivity contribution is -0.605. The van der Waals surface area contributed by atoms with Crippen LogP contribution in [-0.2, 0) is 32.0 Å². The van der Waals surface area contributed by atoms with Gasteiger partial charge in [-0.3, -0.25) is 18.2 Å². The summed E-state index contributed by atoms with van der Waals surface area (Å²) in [7, 11) is 3.24. The molecule has 0 aliphatic heterocycles. The van der Waals surface area contributed by atoms with Crippen LogP contribution in [0.3, 0.4) is 0 Å². The molecule has 56 heavy (non-hydrogen) atoms. The largest absolute Gasteiger partial charge is 0.755 e. The van der Waals surface area contributed by atoms with Crippen molar-refractivity contribution in [1.82, 2.24) is 4.90 Å². The number of esters is 2. The van der Waals surface area contributed by atoms with Crippen molar-refractivity contribution in [2.75, 3.05) is 38.2 Å². The molecule has 0 spiro atoms. The molecule has 0 N–H and O–H groups in total. The Morgan fingerprint density at radius 1 is 0.946 bits per heavy atom. The fourth-order valence-corrected chi connectivity index (χ4v) is 6.70. The highest BCUT2D eigenvalue weighted by molar-refractivity contribution is 7.80. The number of likely N-dealkylation sites (N-methyl/N-ethyl adjacent to an activating group) is 1. The maximum absolute atomic E-state index is 14.0. The first-order chi connectivity index (χ1) is 26.4. The van der Waals surface area contributed by atoms with E-state index in [2.05, 4.69) is 0 Å². The molecule has 3 atom stereocenters. The van der Waals surface area contributed by atoms with E-state index in [1.54, 1.807) is 39.8 Å². The number of ether oxygens (including phenoxy) is 5. The van der Waals surface area contributed by atoms with Crippen LogP contribution in [0.1, 0.15) is 74.0 Å². The highest BCUT2D eigenvalue weighted by Crippen LogP contribution is 2.39. The van der Waals surface area contributed by atoms with Gasteiger partial charge in [0.25, 0.3) is 0 Å². The predicted molar refractivity (Wildman–Crippen MR) is 203 cm³/mol. The molecular weight excluding hydrogens is 799 g/mol. The van der Waals surface area contributed by atoms with Crippen molar-refractivity contribution in [2.45, 2.75) is 77.2 Å². The lowest BCUT2D eigenvalue weighted by Gasteiger charge is -2.34. The van der Waals surface area contributed by atoms with E-state index in [-0.39, 0.29) is 82.1 Å². The van der Waals surface area contributed by atoms with Gasteiger partial charge in [0.1, 0.15) is 33.5 Å². The lowest BCUT2D eigenvalue weighted by atomic mass is 10.0. The Kier molecular flexibility index (Phi) is 14.3. The first-order valence-electron chi connectivity index (χ1n) is 17.9. The van der Waals surface area contributed by atoms with Gasteiger partial charge in [0.2, 0.25) is 0 Å². The van der Waals surface area contributed by atoms with E-state index in [0.29, 0.717) is 10.3 Å². The Morgan fingerprint density at radius 3 is 2.09 bits per heavy atom. The summed E-state index contributed by atoms with van der Waals surface area (Å²) in [5, 5.41) is 12.0. The van der Waals surface area contributed by atoms with E-state index in [9.17, 15) is 32.3 Å². The summed E-state index contributed by atoms with van der Waals surface area (Å²) >= 11 is 9.93. The molecule has 2 aliphatic carbocycles. The summed E-state index contributed by atoms with van der Waals surface area (Å²) in [5.41, 5.74) is -0.202. The molecule has 2 fully saturated rings. The molecule has 2 saturated carbocycles. The zero-order valence-corrected chi connectivity index (χ0v) is 33.8. The number of pyridine rings is 1. The second-order valence-corrected chi connectivity index (χ2v) is 16.6. The first kappa shape index (κ1) is 43.2. The van der Waals surface area contributed by atoms with Crippen LogP contribution >= 0.6 is 23.2 Å². The summed E-state index contributed by atoms with van der Waals surface area (Å²) in [6, 6.07) is 7.21. The van der Waals surface area contributed by atoms with E-state index >= 15 is 0 Å². The van der Waals surface area contributed by atoms with Crippen LogP contribution in [0.25, 0.3) is 0 Å². The van der Waals surface area contributed by atoms with Crippen LogP contribution in [0.5, 0.6) is 17.2 Å². The highest BCUT2D eigenvalue weighted by atomic mass is 35.5. The number of hydrogen-bond donors (Lipinski definition) is 0. The maximum atomic E-state index is 14.0.